The summed E-state index contributed by atoms with van der Waals surface area (Å²) >= 11 is 0. The Bertz CT molecular complexity index is 338. The van der Waals surface area contributed by atoms with Gasteiger partial charge in [-0.3, -0.25) is 0 Å². The molecule has 0 heterocycles. The molecule has 0 saturated carbocycles. The van der Waals surface area contributed by atoms with E-state index >= 15 is 0 Å². The average Bonchev–Trinajstić information content (AvgIpc) is 2.17. The molecule has 4 nitrogen and oxygen atoms in total. The van der Waals surface area contributed by atoms with Crippen molar-refractivity contribution in [3.8, 4) is 0 Å². The van der Waals surface area contributed by atoms with Crippen molar-refractivity contribution in [1.29, 1.82) is 0 Å². The van der Waals surface area contributed by atoms with Crippen LogP contribution < -0.4 is 5.73 Å². The van der Waals surface area contributed by atoms with Crippen molar-refractivity contribution in [3.63, 3.8) is 0 Å². The molecule has 0 saturated heterocycles. The molecule has 1 rings (SSSR count). The number of carboxylic acid groups (broad SMARTS) is 1. The van der Waals surface area contributed by atoms with Gasteiger partial charge in [-0.1, -0.05) is 12.1 Å². The highest BCUT2D eigenvalue weighted by Crippen LogP contribution is 2.18. The molecule has 0 aliphatic heterocycles. The van der Waals surface area contributed by atoms with Crippen LogP contribution in [0.25, 0.3) is 0 Å². The lowest BCUT2D eigenvalue weighted by Crippen LogP contribution is -2.48. The topological polar surface area (TPSA) is 83.5 Å². The van der Waals surface area contributed by atoms with Gasteiger partial charge in [0, 0.05) is 0 Å². The van der Waals surface area contributed by atoms with Gasteiger partial charge in [0.15, 0.2) is 5.54 Å². The second-order valence-corrected chi connectivity index (χ2v) is 2.94. The Morgan fingerprint density at radius 3 is 2.29 bits per heavy atom. The van der Waals surface area contributed by atoms with E-state index in [-0.39, 0.29) is 5.56 Å². The monoisotopic (exact) mass is 199 g/mol. The van der Waals surface area contributed by atoms with Gasteiger partial charge < -0.3 is 15.9 Å². The number of rotatable bonds is 3. The first-order valence-electron chi connectivity index (χ1n) is 3.90. The number of nitrogens with two attached hydrogens (primary N) is 1. The molecule has 1 aromatic carbocycles. The lowest BCUT2D eigenvalue weighted by atomic mass is 9.92. The molecular weight excluding hydrogens is 189 g/mol. The SMILES string of the molecule is N[C@](CO)(C(=O)O)c1ccc(F)cc1. The van der Waals surface area contributed by atoms with Crippen LogP contribution in [-0.2, 0) is 10.3 Å². The Labute approximate surface area is 79.8 Å². The van der Waals surface area contributed by atoms with Crippen LogP contribution in [0.15, 0.2) is 24.3 Å². The maximum atomic E-state index is 12.5. The molecule has 0 bridgehead atoms. The molecule has 0 aliphatic rings. The van der Waals surface area contributed by atoms with Gasteiger partial charge in [0.25, 0.3) is 0 Å². The standard InChI is InChI=1S/C9H10FNO3/c10-7-3-1-6(2-4-7)9(11,5-12)8(13)14/h1-4,12H,5,11H2,(H,13,14)/t9-/m0/s1. The van der Waals surface area contributed by atoms with Gasteiger partial charge in [-0.25, -0.2) is 9.18 Å². The summed E-state index contributed by atoms with van der Waals surface area (Å²) in [4.78, 5) is 10.8. The number of hydrogen-bond acceptors (Lipinski definition) is 3. The average molecular weight is 199 g/mol. The number of carboxylic acids is 1. The van der Waals surface area contributed by atoms with Crippen molar-refractivity contribution in [2.24, 2.45) is 5.73 Å². The molecule has 4 N–H and O–H groups in total. The van der Waals surface area contributed by atoms with Crippen LogP contribution in [-0.4, -0.2) is 22.8 Å². The summed E-state index contributed by atoms with van der Waals surface area (Å²) in [5.41, 5.74) is 3.73. The first-order chi connectivity index (χ1) is 6.50. The van der Waals surface area contributed by atoms with Crippen LogP contribution in [0.5, 0.6) is 0 Å². The van der Waals surface area contributed by atoms with E-state index in [1.54, 1.807) is 0 Å². The summed E-state index contributed by atoms with van der Waals surface area (Å²) < 4.78 is 12.5. The van der Waals surface area contributed by atoms with E-state index < -0.39 is 23.9 Å². The summed E-state index contributed by atoms with van der Waals surface area (Å²) in [6.07, 6.45) is 0. The molecule has 0 amide bonds. The number of carbonyl (C=O) groups is 1. The van der Waals surface area contributed by atoms with E-state index in [4.69, 9.17) is 15.9 Å². The largest absolute Gasteiger partial charge is 0.480 e. The predicted molar refractivity (Wildman–Crippen MR) is 47.0 cm³/mol. The van der Waals surface area contributed by atoms with Crippen LogP contribution in [0.3, 0.4) is 0 Å². The fourth-order valence-corrected chi connectivity index (χ4v) is 1.03. The van der Waals surface area contributed by atoms with Crippen molar-refractivity contribution >= 4 is 5.97 Å². The summed E-state index contributed by atoms with van der Waals surface area (Å²) in [6.45, 7) is -0.742. The van der Waals surface area contributed by atoms with Crippen molar-refractivity contribution in [3.05, 3.63) is 35.6 Å². The third kappa shape index (κ3) is 1.73. The molecule has 0 aliphatic carbocycles. The Balaban J connectivity index is 3.13. The molecule has 1 aromatic rings. The van der Waals surface area contributed by atoms with Gasteiger partial charge in [0.2, 0.25) is 0 Å². The minimum absolute atomic E-state index is 0.161. The Kier molecular flexibility index (Phi) is 2.83. The molecule has 0 spiro atoms. The summed E-state index contributed by atoms with van der Waals surface area (Å²) in [6, 6.07) is 4.66. The van der Waals surface area contributed by atoms with Crippen molar-refractivity contribution in [2.45, 2.75) is 5.54 Å². The number of aliphatic hydroxyl groups is 1. The van der Waals surface area contributed by atoms with Crippen LogP contribution in [0.4, 0.5) is 4.39 Å². The van der Waals surface area contributed by atoms with Crippen molar-refractivity contribution in [2.75, 3.05) is 6.61 Å². The molecule has 0 radical (unpaired) electrons. The maximum absolute atomic E-state index is 12.5. The highest BCUT2D eigenvalue weighted by atomic mass is 19.1. The number of hydrogen-bond donors (Lipinski definition) is 3. The zero-order chi connectivity index (χ0) is 10.8. The Morgan fingerprint density at radius 1 is 1.43 bits per heavy atom. The zero-order valence-electron chi connectivity index (χ0n) is 7.27. The summed E-state index contributed by atoms with van der Waals surface area (Å²) in [5.74, 6) is -1.84. The minimum atomic E-state index is -1.87. The van der Waals surface area contributed by atoms with E-state index in [1.165, 1.54) is 12.1 Å². The van der Waals surface area contributed by atoms with Crippen molar-refractivity contribution < 1.29 is 19.4 Å². The van der Waals surface area contributed by atoms with Gasteiger partial charge >= 0.3 is 5.97 Å². The second kappa shape index (κ2) is 3.73. The summed E-state index contributed by atoms with van der Waals surface area (Å²) in [5, 5.41) is 17.7. The number of halogens is 1. The van der Waals surface area contributed by atoms with Gasteiger partial charge in [-0.05, 0) is 17.7 Å². The van der Waals surface area contributed by atoms with Gasteiger partial charge in [0.05, 0.1) is 6.61 Å². The number of aliphatic hydroxyl groups excluding tert-OH is 1. The van der Waals surface area contributed by atoms with Crippen molar-refractivity contribution in [1.82, 2.24) is 0 Å². The van der Waals surface area contributed by atoms with Gasteiger partial charge in [0.1, 0.15) is 5.82 Å². The predicted octanol–water partition coefficient (Wildman–Crippen LogP) is 0.0566. The molecule has 1 atom stereocenters. The van der Waals surface area contributed by atoms with Gasteiger partial charge in [-0.2, -0.15) is 0 Å². The normalized spacial score (nSPS) is 14.8. The van der Waals surface area contributed by atoms with E-state index in [1.807, 2.05) is 0 Å². The van der Waals surface area contributed by atoms with Crippen LogP contribution in [0, 0.1) is 5.82 Å². The first-order valence-corrected chi connectivity index (χ1v) is 3.90. The minimum Gasteiger partial charge on any atom is -0.480 e. The Hall–Kier alpha value is -1.46. The van der Waals surface area contributed by atoms with Crippen LogP contribution >= 0.6 is 0 Å². The zero-order valence-corrected chi connectivity index (χ0v) is 7.27. The Morgan fingerprint density at radius 2 is 1.93 bits per heavy atom. The summed E-state index contributed by atoms with van der Waals surface area (Å²) in [7, 11) is 0. The molecular formula is C9H10FNO3. The quantitative estimate of drug-likeness (QED) is 0.642. The van der Waals surface area contributed by atoms with E-state index in [2.05, 4.69) is 0 Å². The van der Waals surface area contributed by atoms with Crippen LogP contribution in [0.1, 0.15) is 5.56 Å². The number of benzene rings is 1. The molecule has 76 valence electrons. The van der Waals surface area contributed by atoms with E-state index in [9.17, 15) is 9.18 Å². The van der Waals surface area contributed by atoms with Gasteiger partial charge in [-0.15, -0.1) is 0 Å². The molecule has 0 aromatic heterocycles. The van der Waals surface area contributed by atoms with E-state index in [0.717, 1.165) is 12.1 Å². The highest BCUT2D eigenvalue weighted by molar-refractivity contribution is 5.80. The third-order valence-corrected chi connectivity index (χ3v) is 1.99. The molecule has 5 heteroatoms. The van der Waals surface area contributed by atoms with Crippen LogP contribution in [0.2, 0.25) is 0 Å². The smallest absolute Gasteiger partial charge is 0.330 e. The maximum Gasteiger partial charge on any atom is 0.330 e. The fraction of sp³-hybridized carbons (Fsp3) is 0.222. The van der Waals surface area contributed by atoms with E-state index in [0.29, 0.717) is 0 Å². The molecule has 0 unspecified atom stereocenters. The lowest BCUT2D eigenvalue weighted by molar-refractivity contribution is -0.145. The number of aliphatic carboxylic acids is 1. The highest BCUT2D eigenvalue weighted by Gasteiger charge is 2.35. The third-order valence-electron chi connectivity index (χ3n) is 1.99. The molecule has 14 heavy (non-hydrogen) atoms. The second-order valence-electron chi connectivity index (χ2n) is 2.94. The fourth-order valence-electron chi connectivity index (χ4n) is 1.03. The molecule has 0 fully saturated rings. The lowest BCUT2D eigenvalue weighted by Gasteiger charge is -2.22. The first kappa shape index (κ1) is 10.6.